The fourth-order valence-corrected chi connectivity index (χ4v) is 3.12. The van der Waals surface area contributed by atoms with Crippen LogP contribution in [0.4, 0.5) is 5.69 Å². The van der Waals surface area contributed by atoms with E-state index in [1.165, 1.54) is 4.68 Å². The Morgan fingerprint density at radius 1 is 1.33 bits per heavy atom. The molecular weight excluding hydrogens is 302 g/mol. The van der Waals surface area contributed by atoms with Crippen molar-refractivity contribution in [1.82, 2.24) is 9.78 Å². The summed E-state index contributed by atoms with van der Waals surface area (Å²) in [4.78, 5) is 24.5. The van der Waals surface area contributed by atoms with E-state index in [-0.39, 0.29) is 18.0 Å². The second kappa shape index (κ2) is 6.59. The monoisotopic (exact) mass is 325 g/mol. The van der Waals surface area contributed by atoms with E-state index in [1.54, 1.807) is 6.07 Å². The van der Waals surface area contributed by atoms with Crippen LogP contribution in [-0.4, -0.2) is 15.7 Å². The van der Waals surface area contributed by atoms with E-state index >= 15 is 0 Å². The molecule has 1 aliphatic carbocycles. The minimum absolute atomic E-state index is 0.0605. The van der Waals surface area contributed by atoms with Crippen LogP contribution >= 0.6 is 0 Å². The number of nitrogens with zero attached hydrogens (tertiary/aromatic N) is 2. The molecule has 1 N–H and O–H groups in total. The molecule has 0 aliphatic heterocycles. The molecule has 1 aromatic heterocycles. The van der Waals surface area contributed by atoms with Gasteiger partial charge in [0.1, 0.15) is 6.54 Å². The second-order valence-corrected chi connectivity index (χ2v) is 6.83. The Morgan fingerprint density at radius 3 is 2.92 bits per heavy atom. The number of benzene rings is 1. The van der Waals surface area contributed by atoms with Crippen LogP contribution < -0.4 is 10.9 Å². The summed E-state index contributed by atoms with van der Waals surface area (Å²) < 4.78 is 1.27. The van der Waals surface area contributed by atoms with Crippen molar-refractivity contribution in [2.45, 2.75) is 46.6 Å². The van der Waals surface area contributed by atoms with Gasteiger partial charge in [0.15, 0.2) is 0 Å². The first-order valence-electron chi connectivity index (χ1n) is 8.39. The van der Waals surface area contributed by atoms with Crippen LogP contribution in [0.15, 0.2) is 29.1 Å². The van der Waals surface area contributed by atoms with E-state index in [0.717, 1.165) is 47.3 Å². The first-order valence-corrected chi connectivity index (χ1v) is 8.39. The minimum Gasteiger partial charge on any atom is -0.324 e. The summed E-state index contributed by atoms with van der Waals surface area (Å²) in [7, 11) is 0. The molecule has 2 aromatic rings. The zero-order valence-corrected chi connectivity index (χ0v) is 14.4. The summed E-state index contributed by atoms with van der Waals surface area (Å²) >= 11 is 0. The summed E-state index contributed by atoms with van der Waals surface area (Å²) in [5, 5.41) is 7.29. The predicted octanol–water partition coefficient (Wildman–Crippen LogP) is 2.62. The lowest BCUT2D eigenvalue weighted by Gasteiger charge is -2.20. The van der Waals surface area contributed by atoms with Gasteiger partial charge in [-0.05, 0) is 61.8 Å². The quantitative estimate of drug-likeness (QED) is 0.943. The van der Waals surface area contributed by atoms with Crippen LogP contribution in [0.5, 0.6) is 0 Å². The number of hydrogen-bond donors (Lipinski definition) is 1. The van der Waals surface area contributed by atoms with E-state index in [1.807, 2.05) is 32.0 Å². The van der Waals surface area contributed by atoms with Gasteiger partial charge < -0.3 is 5.32 Å². The van der Waals surface area contributed by atoms with Gasteiger partial charge in [0.2, 0.25) is 5.91 Å². The molecule has 5 heteroatoms. The Hall–Kier alpha value is -2.43. The van der Waals surface area contributed by atoms with Crippen LogP contribution in [0, 0.1) is 19.8 Å². The second-order valence-electron chi connectivity index (χ2n) is 6.83. The van der Waals surface area contributed by atoms with Crippen molar-refractivity contribution in [1.29, 1.82) is 0 Å². The van der Waals surface area contributed by atoms with Crippen LogP contribution in [0.1, 0.15) is 35.7 Å². The summed E-state index contributed by atoms with van der Waals surface area (Å²) in [5.74, 6) is 0.351. The zero-order valence-electron chi connectivity index (χ0n) is 14.4. The van der Waals surface area contributed by atoms with E-state index in [0.29, 0.717) is 5.92 Å². The molecular formula is C19H23N3O2. The Labute approximate surface area is 141 Å². The van der Waals surface area contributed by atoms with Gasteiger partial charge in [0.05, 0.1) is 5.69 Å². The molecule has 126 valence electrons. The number of amides is 1. The number of carbonyl (C=O) groups excluding carboxylic acids is 1. The summed E-state index contributed by atoms with van der Waals surface area (Å²) in [6, 6.07) is 7.54. The van der Waals surface area contributed by atoms with E-state index < -0.39 is 0 Å². The highest BCUT2D eigenvalue weighted by atomic mass is 16.2. The van der Waals surface area contributed by atoms with Gasteiger partial charge >= 0.3 is 0 Å². The summed E-state index contributed by atoms with van der Waals surface area (Å²) in [6.45, 7) is 6.05. The molecule has 0 radical (unpaired) electrons. The van der Waals surface area contributed by atoms with Gasteiger partial charge in [0.25, 0.3) is 5.56 Å². The standard InChI is InChI=1S/C19H23N3O2/c1-12-5-7-16-15(8-12)10-19(24)22(21-16)11-18(23)20-17-9-13(2)4-6-14(17)3/h4,6,9-10,12H,5,7-8,11H2,1-3H3,(H,20,23)/t12-/m1/s1. The van der Waals surface area contributed by atoms with Crippen molar-refractivity contribution in [3.05, 3.63) is 57.0 Å². The van der Waals surface area contributed by atoms with Crippen molar-refractivity contribution < 1.29 is 4.79 Å². The zero-order chi connectivity index (χ0) is 17.3. The molecule has 1 aliphatic rings. The van der Waals surface area contributed by atoms with Crippen molar-refractivity contribution in [3.63, 3.8) is 0 Å². The summed E-state index contributed by atoms with van der Waals surface area (Å²) in [5.41, 5.74) is 4.62. The third-order valence-electron chi connectivity index (χ3n) is 4.57. The molecule has 1 atom stereocenters. The number of hydrogen-bond acceptors (Lipinski definition) is 3. The average Bonchev–Trinajstić information content (AvgIpc) is 2.52. The molecule has 0 unspecified atom stereocenters. The SMILES string of the molecule is Cc1ccc(C)c(NC(=O)Cn2nc3c(cc2=O)C[C@H](C)CC3)c1. The van der Waals surface area contributed by atoms with Crippen molar-refractivity contribution in [2.75, 3.05) is 5.32 Å². The Balaban J connectivity index is 1.77. The fraction of sp³-hybridized carbons (Fsp3) is 0.421. The van der Waals surface area contributed by atoms with Gasteiger partial charge in [-0.3, -0.25) is 9.59 Å². The van der Waals surface area contributed by atoms with Gasteiger partial charge in [-0.25, -0.2) is 4.68 Å². The van der Waals surface area contributed by atoms with Crippen molar-refractivity contribution >= 4 is 11.6 Å². The topological polar surface area (TPSA) is 64.0 Å². The molecule has 24 heavy (non-hydrogen) atoms. The number of carbonyl (C=O) groups is 1. The van der Waals surface area contributed by atoms with E-state index in [9.17, 15) is 9.59 Å². The van der Waals surface area contributed by atoms with Gasteiger partial charge in [-0.2, -0.15) is 5.10 Å². The first-order chi connectivity index (χ1) is 11.4. The highest BCUT2D eigenvalue weighted by molar-refractivity contribution is 5.91. The molecule has 1 aromatic carbocycles. The lowest BCUT2D eigenvalue weighted by molar-refractivity contribution is -0.117. The molecule has 0 saturated carbocycles. The summed E-state index contributed by atoms with van der Waals surface area (Å²) in [6.07, 6.45) is 2.84. The number of fused-ring (bicyclic) bond motifs is 1. The number of nitrogens with one attached hydrogen (secondary N) is 1. The third kappa shape index (κ3) is 3.55. The first kappa shape index (κ1) is 16.4. The van der Waals surface area contributed by atoms with Gasteiger partial charge in [-0.1, -0.05) is 19.1 Å². The molecule has 0 saturated heterocycles. The van der Waals surface area contributed by atoms with E-state index in [4.69, 9.17) is 0 Å². The molecule has 1 heterocycles. The largest absolute Gasteiger partial charge is 0.324 e. The van der Waals surface area contributed by atoms with Gasteiger partial charge in [-0.15, -0.1) is 0 Å². The fourth-order valence-electron chi connectivity index (χ4n) is 3.12. The van der Waals surface area contributed by atoms with E-state index in [2.05, 4.69) is 17.3 Å². The minimum atomic E-state index is -0.234. The predicted molar refractivity (Wildman–Crippen MR) is 94.2 cm³/mol. The Morgan fingerprint density at radius 2 is 2.12 bits per heavy atom. The Kier molecular flexibility index (Phi) is 4.51. The highest BCUT2D eigenvalue weighted by Gasteiger charge is 2.19. The molecule has 0 bridgehead atoms. The van der Waals surface area contributed by atoms with Crippen LogP contribution in [-0.2, 0) is 24.2 Å². The average molecular weight is 325 g/mol. The Bertz CT molecular complexity index is 839. The maximum atomic E-state index is 12.3. The van der Waals surface area contributed by atoms with Crippen LogP contribution in [0.25, 0.3) is 0 Å². The highest BCUT2D eigenvalue weighted by Crippen LogP contribution is 2.22. The number of aryl methyl sites for hydroxylation is 3. The van der Waals surface area contributed by atoms with Crippen molar-refractivity contribution in [3.8, 4) is 0 Å². The van der Waals surface area contributed by atoms with Crippen LogP contribution in [0.2, 0.25) is 0 Å². The number of rotatable bonds is 3. The number of aromatic nitrogens is 2. The maximum Gasteiger partial charge on any atom is 0.267 e. The molecule has 0 spiro atoms. The smallest absolute Gasteiger partial charge is 0.267 e. The lowest BCUT2D eigenvalue weighted by Crippen LogP contribution is -2.32. The maximum absolute atomic E-state index is 12.3. The molecule has 0 fully saturated rings. The van der Waals surface area contributed by atoms with Crippen molar-refractivity contribution in [2.24, 2.45) is 5.92 Å². The normalized spacial score (nSPS) is 16.5. The van der Waals surface area contributed by atoms with Gasteiger partial charge in [0, 0.05) is 11.8 Å². The lowest BCUT2D eigenvalue weighted by atomic mass is 9.88. The van der Waals surface area contributed by atoms with Crippen LogP contribution in [0.3, 0.4) is 0 Å². The number of anilines is 1. The molecule has 3 rings (SSSR count). The molecule has 5 nitrogen and oxygen atoms in total. The molecule has 1 amide bonds. The third-order valence-corrected chi connectivity index (χ3v) is 4.57.